The van der Waals surface area contributed by atoms with Crippen molar-refractivity contribution in [1.29, 1.82) is 0 Å². The van der Waals surface area contributed by atoms with E-state index in [-0.39, 0.29) is 18.6 Å². The van der Waals surface area contributed by atoms with Crippen molar-refractivity contribution >= 4 is 17.7 Å². The van der Waals surface area contributed by atoms with Crippen molar-refractivity contribution < 1.29 is 23.9 Å². The lowest BCUT2D eigenvalue weighted by molar-refractivity contribution is -0.129. The summed E-state index contributed by atoms with van der Waals surface area (Å²) < 4.78 is 10.4. The highest BCUT2D eigenvalue weighted by molar-refractivity contribution is 5.97. The van der Waals surface area contributed by atoms with Crippen LogP contribution in [0.25, 0.3) is 0 Å². The first-order valence-corrected chi connectivity index (χ1v) is 7.15. The molecule has 124 valence electrons. The molecular formula is C15H19N3O5. The third-order valence-electron chi connectivity index (χ3n) is 3.24. The normalized spacial score (nSPS) is 13.4. The van der Waals surface area contributed by atoms with Gasteiger partial charge in [-0.05, 0) is 24.1 Å². The summed E-state index contributed by atoms with van der Waals surface area (Å²) >= 11 is 0. The number of hydrogen-bond acceptors (Lipinski definition) is 5. The lowest BCUT2D eigenvalue weighted by atomic mass is 10.0. The van der Waals surface area contributed by atoms with E-state index in [9.17, 15) is 14.4 Å². The highest BCUT2D eigenvalue weighted by atomic mass is 16.7. The summed E-state index contributed by atoms with van der Waals surface area (Å²) in [5, 5.41) is 2.54. The first-order chi connectivity index (χ1) is 10.9. The van der Waals surface area contributed by atoms with E-state index in [1.165, 1.54) is 13.0 Å². The van der Waals surface area contributed by atoms with Crippen LogP contribution in [0.1, 0.15) is 31.1 Å². The molecule has 1 atom stereocenters. The summed E-state index contributed by atoms with van der Waals surface area (Å²) in [5.41, 5.74) is 4.94. The fourth-order valence-electron chi connectivity index (χ4n) is 2.06. The first kappa shape index (κ1) is 16.6. The monoisotopic (exact) mass is 321 g/mol. The maximum Gasteiger partial charge on any atom is 0.269 e. The molecule has 3 amide bonds. The van der Waals surface area contributed by atoms with Crippen LogP contribution >= 0.6 is 0 Å². The topological polar surface area (TPSA) is 106 Å². The van der Waals surface area contributed by atoms with Gasteiger partial charge in [0.05, 0.1) is 0 Å². The van der Waals surface area contributed by atoms with Crippen molar-refractivity contribution in [3.8, 4) is 11.5 Å². The maximum absolute atomic E-state index is 12.1. The van der Waals surface area contributed by atoms with Gasteiger partial charge >= 0.3 is 0 Å². The number of carbonyl (C=O) groups is 3. The average molecular weight is 321 g/mol. The number of amides is 3. The van der Waals surface area contributed by atoms with E-state index >= 15 is 0 Å². The van der Waals surface area contributed by atoms with Gasteiger partial charge < -0.3 is 14.8 Å². The third-order valence-corrected chi connectivity index (χ3v) is 3.24. The van der Waals surface area contributed by atoms with Crippen LogP contribution in [-0.2, 0) is 9.59 Å². The second-order valence-electron chi connectivity index (χ2n) is 5.43. The first-order valence-electron chi connectivity index (χ1n) is 7.15. The van der Waals surface area contributed by atoms with Crippen LogP contribution < -0.4 is 25.6 Å². The molecule has 0 radical (unpaired) electrons. The molecule has 1 aliphatic rings. The van der Waals surface area contributed by atoms with Crippen molar-refractivity contribution in [2.24, 2.45) is 5.92 Å². The van der Waals surface area contributed by atoms with Crippen LogP contribution in [0.2, 0.25) is 0 Å². The van der Waals surface area contributed by atoms with E-state index in [2.05, 4.69) is 16.2 Å². The Balaban J connectivity index is 1.95. The number of nitrogens with one attached hydrogen (secondary N) is 3. The second-order valence-corrected chi connectivity index (χ2v) is 5.43. The fraction of sp³-hybridized carbons (Fsp3) is 0.400. The van der Waals surface area contributed by atoms with Crippen LogP contribution in [0.3, 0.4) is 0 Å². The Bertz CT molecular complexity index is 630. The largest absolute Gasteiger partial charge is 0.454 e. The number of hydrogen-bond donors (Lipinski definition) is 3. The van der Waals surface area contributed by atoms with E-state index < -0.39 is 17.9 Å². The molecule has 1 aromatic rings. The summed E-state index contributed by atoms with van der Waals surface area (Å²) in [4.78, 5) is 35.2. The van der Waals surface area contributed by atoms with E-state index in [1.54, 1.807) is 26.0 Å². The molecule has 0 aromatic heterocycles. The molecule has 2 rings (SSSR count). The Morgan fingerprint density at radius 2 is 1.78 bits per heavy atom. The molecule has 23 heavy (non-hydrogen) atoms. The quantitative estimate of drug-likeness (QED) is 0.693. The van der Waals surface area contributed by atoms with Crippen LogP contribution in [0.5, 0.6) is 11.5 Å². The summed E-state index contributed by atoms with van der Waals surface area (Å²) in [6.07, 6.45) is 0. The van der Waals surface area contributed by atoms with Crippen molar-refractivity contribution in [2.75, 3.05) is 6.79 Å². The lowest BCUT2D eigenvalue weighted by Gasteiger charge is -2.21. The molecule has 8 nitrogen and oxygen atoms in total. The van der Waals surface area contributed by atoms with Crippen molar-refractivity contribution in [2.45, 2.75) is 26.8 Å². The number of hydrazine groups is 1. The molecule has 0 fully saturated rings. The van der Waals surface area contributed by atoms with Gasteiger partial charge in [-0.2, -0.15) is 0 Å². The minimum absolute atomic E-state index is 0.115. The molecule has 1 aromatic carbocycles. The zero-order valence-electron chi connectivity index (χ0n) is 13.1. The molecular weight excluding hydrogens is 302 g/mol. The zero-order valence-corrected chi connectivity index (χ0v) is 13.1. The third kappa shape index (κ3) is 4.12. The Morgan fingerprint density at radius 3 is 2.43 bits per heavy atom. The molecule has 1 heterocycles. The SMILES string of the molecule is CC(=O)N[C@@H](C(=O)NNC(=O)c1ccc2c(c1)OCO2)C(C)C. The Labute approximate surface area is 133 Å². The van der Waals surface area contributed by atoms with Gasteiger partial charge in [0, 0.05) is 12.5 Å². The summed E-state index contributed by atoms with van der Waals surface area (Å²) in [6, 6.07) is 3.97. The lowest BCUT2D eigenvalue weighted by Crippen LogP contribution is -2.54. The Hall–Kier alpha value is -2.77. The van der Waals surface area contributed by atoms with Crippen LogP contribution in [0, 0.1) is 5.92 Å². The van der Waals surface area contributed by atoms with Gasteiger partial charge in [0.2, 0.25) is 12.7 Å². The summed E-state index contributed by atoms with van der Waals surface area (Å²) in [7, 11) is 0. The number of ether oxygens (including phenoxy) is 2. The van der Waals surface area contributed by atoms with Gasteiger partial charge in [-0.25, -0.2) is 0 Å². The molecule has 0 aliphatic carbocycles. The number of carbonyl (C=O) groups excluding carboxylic acids is 3. The van der Waals surface area contributed by atoms with Gasteiger partial charge in [0.15, 0.2) is 11.5 Å². The minimum atomic E-state index is -0.732. The Morgan fingerprint density at radius 1 is 1.09 bits per heavy atom. The predicted molar refractivity (Wildman–Crippen MR) is 80.6 cm³/mol. The molecule has 0 saturated heterocycles. The van der Waals surface area contributed by atoms with Crippen LogP contribution in [-0.4, -0.2) is 30.6 Å². The summed E-state index contributed by atoms with van der Waals surface area (Å²) in [6.45, 7) is 5.03. The maximum atomic E-state index is 12.1. The van der Waals surface area contributed by atoms with Gasteiger partial charge in [0.1, 0.15) is 6.04 Å². The van der Waals surface area contributed by atoms with Crippen molar-refractivity contribution in [1.82, 2.24) is 16.2 Å². The minimum Gasteiger partial charge on any atom is -0.454 e. The standard InChI is InChI=1S/C15H19N3O5/c1-8(2)13(16-9(3)19)15(21)18-17-14(20)10-4-5-11-12(6-10)23-7-22-11/h4-6,8,13H,7H2,1-3H3,(H,16,19)(H,17,20)(H,18,21)/t13-/m1/s1. The van der Waals surface area contributed by atoms with E-state index in [1.807, 2.05) is 0 Å². The molecule has 0 spiro atoms. The number of fused-ring (bicyclic) bond motifs is 1. The summed E-state index contributed by atoms with van der Waals surface area (Å²) in [5.74, 6) is -0.396. The zero-order chi connectivity index (χ0) is 17.0. The predicted octanol–water partition coefficient (Wildman–Crippen LogP) is 0.337. The molecule has 1 aliphatic heterocycles. The van der Waals surface area contributed by atoms with Crippen molar-refractivity contribution in [3.63, 3.8) is 0 Å². The molecule has 0 bridgehead atoms. The smallest absolute Gasteiger partial charge is 0.269 e. The molecule has 8 heteroatoms. The number of rotatable bonds is 4. The van der Waals surface area contributed by atoms with Gasteiger partial charge in [0.25, 0.3) is 11.8 Å². The molecule has 0 unspecified atom stereocenters. The fourth-order valence-corrected chi connectivity index (χ4v) is 2.06. The van der Waals surface area contributed by atoms with Gasteiger partial charge in [-0.3, -0.25) is 25.2 Å². The van der Waals surface area contributed by atoms with Gasteiger partial charge in [-0.15, -0.1) is 0 Å². The number of benzene rings is 1. The van der Waals surface area contributed by atoms with Crippen LogP contribution in [0.4, 0.5) is 0 Å². The molecule has 0 saturated carbocycles. The second kappa shape index (κ2) is 6.99. The highest BCUT2D eigenvalue weighted by Crippen LogP contribution is 2.32. The Kier molecular flexibility index (Phi) is 5.05. The van der Waals surface area contributed by atoms with Crippen molar-refractivity contribution in [3.05, 3.63) is 23.8 Å². The van der Waals surface area contributed by atoms with Crippen LogP contribution in [0.15, 0.2) is 18.2 Å². The highest BCUT2D eigenvalue weighted by Gasteiger charge is 2.23. The average Bonchev–Trinajstić information content (AvgIpc) is 2.96. The van der Waals surface area contributed by atoms with E-state index in [4.69, 9.17) is 9.47 Å². The van der Waals surface area contributed by atoms with Gasteiger partial charge in [-0.1, -0.05) is 13.8 Å². The van der Waals surface area contributed by atoms with E-state index in [0.717, 1.165) is 0 Å². The molecule has 3 N–H and O–H groups in total. The van der Waals surface area contributed by atoms with E-state index in [0.29, 0.717) is 17.1 Å².